The number of ether oxygens (including phenoxy) is 5. The number of amides is 8. The molecule has 4 bridgehead atoms. The van der Waals surface area contributed by atoms with Gasteiger partial charge in [-0.3, -0.25) is 52.7 Å². The van der Waals surface area contributed by atoms with Gasteiger partial charge in [0, 0.05) is 101 Å². The van der Waals surface area contributed by atoms with Gasteiger partial charge in [-0.05, 0) is 271 Å². The van der Waals surface area contributed by atoms with Gasteiger partial charge >= 0.3 is 23.9 Å². The van der Waals surface area contributed by atoms with Crippen LogP contribution in [0.4, 0.5) is 16.2 Å². The highest BCUT2D eigenvalue weighted by molar-refractivity contribution is 7.80. The molecule has 4 aromatic heterocycles. The first-order valence-electron chi connectivity index (χ1n) is 47.8. The molecule has 46 heteroatoms. The molecule has 772 valence electrons. The predicted octanol–water partition coefficient (Wildman–Crippen LogP) is 4.74. The van der Waals surface area contributed by atoms with E-state index in [4.69, 9.17) is 53.2 Å². The second kappa shape index (κ2) is 54.3. The number of hydrogen-bond donors (Lipinski definition) is 19. The second-order valence-corrected chi connectivity index (χ2v) is 36.4. The third-order valence-electron chi connectivity index (χ3n) is 25.8. The van der Waals surface area contributed by atoms with E-state index in [1.165, 1.54) is 45.2 Å². The third kappa shape index (κ3) is 31.7. The number of aliphatic hydroxyl groups is 1. The Balaban J connectivity index is 0.647. The summed E-state index contributed by atoms with van der Waals surface area (Å²) in [6.45, 7) is 5.18. The van der Waals surface area contributed by atoms with Crippen molar-refractivity contribution >= 4 is 105 Å². The Morgan fingerprint density at radius 2 is 1.05 bits per heavy atom. The number of carbonyl (C=O) groups is 10. The van der Waals surface area contributed by atoms with Crippen LogP contribution in [0.15, 0.2) is 147 Å². The molecule has 0 radical (unpaired) electrons. The summed E-state index contributed by atoms with van der Waals surface area (Å²) in [5.41, 5.74) is -2.73. The quantitative estimate of drug-likeness (QED) is 0.0140. The van der Waals surface area contributed by atoms with E-state index in [1.54, 1.807) is 24.3 Å². The molecule has 8 amide bonds. The number of pyridine rings is 4. The van der Waals surface area contributed by atoms with E-state index in [0.717, 1.165) is 86.2 Å². The number of nitrogens with zero attached hydrogens (tertiary/aromatic N) is 6. The van der Waals surface area contributed by atoms with Crippen molar-refractivity contribution in [2.75, 3.05) is 129 Å². The number of benzene rings is 3. The number of aliphatic carboxylic acids is 3. The van der Waals surface area contributed by atoms with Crippen LogP contribution >= 0.6 is 24.4 Å². The minimum atomic E-state index is -1.56. The van der Waals surface area contributed by atoms with Crippen molar-refractivity contribution in [1.29, 1.82) is 0 Å². The van der Waals surface area contributed by atoms with Crippen molar-refractivity contribution < 1.29 is 113 Å². The molecule has 0 spiro atoms. The first-order valence-corrected chi connectivity index (χ1v) is 48.6. The number of rotatable bonds is 40. The van der Waals surface area contributed by atoms with Crippen LogP contribution in [0.25, 0.3) is 0 Å². The highest BCUT2D eigenvalue weighted by Gasteiger charge is 2.54. The zero-order valence-electron chi connectivity index (χ0n) is 79.2. The van der Waals surface area contributed by atoms with Crippen LogP contribution in [0, 0.1) is 17.3 Å². The predicted molar refractivity (Wildman–Crippen MR) is 526 cm³/mol. The number of carboxylic acids is 3. The van der Waals surface area contributed by atoms with E-state index in [-0.39, 0.29) is 138 Å². The van der Waals surface area contributed by atoms with Gasteiger partial charge in [0.05, 0.1) is 45.7 Å². The van der Waals surface area contributed by atoms with Gasteiger partial charge in [0.2, 0.25) is 0 Å². The minimum Gasteiger partial charge on any atom is -0.491 e. The molecule has 3 aliphatic carbocycles. The maximum absolute atomic E-state index is 14.0. The fourth-order valence-corrected chi connectivity index (χ4v) is 18.7. The summed E-state index contributed by atoms with van der Waals surface area (Å²) in [5.74, 6) is -6.52. The van der Waals surface area contributed by atoms with Crippen molar-refractivity contribution in [3.05, 3.63) is 219 Å². The summed E-state index contributed by atoms with van der Waals surface area (Å²) in [5, 5.41) is 114. The van der Waals surface area contributed by atoms with Gasteiger partial charge in [-0.15, -0.1) is 18.9 Å². The number of unbranched alkanes of at least 4 members (excludes halogenated alkanes) is 2. The average molecular weight is 2030 g/mol. The summed E-state index contributed by atoms with van der Waals surface area (Å²) in [4.78, 5) is 185. The standard InChI is InChI=1S/C97H125N17O27S2/c1-97-39-38-69-68-29-27-67(57-61(68)20-28-70(69)73(97)32-36-80(97)115)141-55-53-139-51-49-137-48-50-138-52-54-140-66-25-18-60(19-26-66)56-65(58-98-40-4-3-13-74(92(128)129)107-94(132)108-75(93(130)131)33-37-83(118)119)106-96(143)105-63-23-21-62(22-24-63)104-95(142)101-41-5-2-12-64-59-102-86(122)76-34-30-71(88(124)113(76)135)84(120)99-42-10-46-109(90(126)78-14-8-16-81(116)111(78)133)44-6-7-45-110(91(127)79-15-9-17-82(117)112(79)134)47-11-43-100-85(121)72-31-35-77(87(123)103-64)114(136)89(72)125/h8-9,14-19,21-27,29-31,34-35,57,64-65,69-70,73-75,80,98,115,133-136H,2-7,10-13,20,28,32-33,36-56,58-59H2,1H3,(H,99,120)(H,100,121)(H,102,122)(H,103,123)(H,118,119)(H,128,129)(H,130,131)(H2,101,104,142)(H2,105,106,143)(H2,107,108,132)/t64-,65-,69-,70-,73+,74-,75-,80+,97+/m0/s1. The van der Waals surface area contributed by atoms with Gasteiger partial charge in [-0.25, -0.2) is 14.4 Å². The van der Waals surface area contributed by atoms with E-state index in [9.17, 15) is 103 Å². The summed E-state index contributed by atoms with van der Waals surface area (Å²) >= 11 is 11.5. The number of carbonyl (C=O) groups excluding carboxylic acids is 7. The highest BCUT2D eigenvalue weighted by Crippen LogP contribution is 2.61. The fourth-order valence-electron chi connectivity index (χ4n) is 18.2. The second-order valence-electron chi connectivity index (χ2n) is 35.6. The lowest BCUT2D eigenvalue weighted by Gasteiger charge is -2.50. The molecule has 3 aromatic carbocycles. The van der Waals surface area contributed by atoms with Crippen LogP contribution in [0.3, 0.4) is 0 Å². The number of aromatic nitrogens is 4. The number of fused-ring (bicyclic) bond motifs is 7. The fraction of sp³-hybridized carbons (Fsp3) is 0.485. The molecular formula is C97H125N17O27S2. The van der Waals surface area contributed by atoms with Gasteiger partial charge in [0.15, 0.2) is 10.2 Å². The molecule has 0 saturated heterocycles. The zero-order chi connectivity index (χ0) is 103. The molecule has 7 aromatic rings. The third-order valence-corrected chi connectivity index (χ3v) is 26.3. The molecule has 19 N–H and O–H groups in total. The van der Waals surface area contributed by atoms with Crippen LogP contribution in [-0.4, -0.2) is 288 Å². The summed E-state index contributed by atoms with van der Waals surface area (Å²) in [6.07, 6.45) is 7.68. The van der Waals surface area contributed by atoms with Crippen LogP contribution in [0.5, 0.6) is 11.5 Å². The average Bonchev–Trinajstić information content (AvgIpc) is 1.32. The highest BCUT2D eigenvalue weighted by atomic mass is 32.1. The van der Waals surface area contributed by atoms with Crippen molar-refractivity contribution in [3.8, 4) is 11.5 Å². The number of urea groups is 1. The number of carboxylic acid groups (broad SMARTS) is 3. The molecule has 2 fully saturated rings. The lowest BCUT2D eigenvalue weighted by atomic mass is 9.55. The van der Waals surface area contributed by atoms with Crippen LogP contribution in [0.1, 0.15) is 201 Å². The van der Waals surface area contributed by atoms with Gasteiger partial charge in [-0.1, -0.05) is 37.3 Å². The largest absolute Gasteiger partial charge is 0.491 e. The van der Waals surface area contributed by atoms with E-state index in [2.05, 4.69) is 83.6 Å². The monoisotopic (exact) mass is 2020 g/mol. The normalized spacial score (nSPS) is 18.7. The molecule has 143 heavy (non-hydrogen) atoms. The van der Waals surface area contributed by atoms with Crippen LogP contribution in [-0.2, 0) is 41.4 Å². The molecule has 6 aliphatic rings. The molecule has 0 unspecified atom stereocenters. The number of thiocarbonyl (C=S) groups is 2. The van der Waals surface area contributed by atoms with Crippen LogP contribution in [0.2, 0.25) is 0 Å². The minimum absolute atomic E-state index is 0.00929. The lowest BCUT2D eigenvalue weighted by Crippen LogP contribution is -2.51. The van der Waals surface area contributed by atoms with Crippen molar-refractivity contribution in [2.24, 2.45) is 17.3 Å². The van der Waals surface area contributed by atoms with Crippen LogP contribution < -0.4 is 90.2 Å². The Kier molecular flexibility index (Phi) is 41.5. The topological polar surface area (TPSA) is 606 Å². The number of nitrogens with one attached hydrogen (secondary N) is 11. The summed E-state index contributed by atoms with van der Waals surface area (Å²) < 4.78 is 29.6. The molecule has 2 saturated carbocycles. The van der Waals surface area contributed by atoms with Gasteiger partial charge in [0.1, 0.15) is 70.7 Å². The maximum Gasteiger partial charge on any atom is 0.326 e. The lowest BCUT2D eigenvalue weighted by molar-refractivity contribution is -0.140. The molecule has 44 nitrogen and oxygen atoms in total. The van der Waals surface area contributed by atoms with Gasteiger partial charge in [0.25, 0.3) is 57.7 Å². The van der Waals surface area contributed by atoms with E-state index >= 15 is 0 Å². The molecule has 3 aliphatic heterocycles. The van der Waals surface area contributed by atoms with E-state index in [1.807, 2.05) is 24.3 Å². The first-order chi connectivity index (χ1) is 68.7. The molecule has 7 heterocycles. The molecule has 9 atom stereocenters. The number of aliphatic hydroxyl groups excluding tert-OH is 1. The molecular weight excluding hydrogens is 1900 g/mol. The Labute approximate surface area is 832 Å². The number of hydrogen-bond acceptors (Lipinski definition) is 27. The molecule has 13 rings (SSSR count). The number of aryl methyl sites for hydroxylation is 1. The Bertz CT molecular complexity index is 5870. The Hall–Kier alpha value is -14.1. The zero-order valence-corrected chi connectivity index (χ0v) is 80.9. The SMILES string of the molecule is C[C@@]12CC[C@H]3c4ccc(OCCOCCOCCOCCOc5ccc(C[C@@H](CNCCCC[C@H](NC(=O)N[C@@H](CCC(=O)O)C(=O)O)C(=O)O)NC(=S)Nc6ccc(NC(=S)NCCCC[C@H]7CNC(=O)c8ccc(c(=O)n8O)C(=O)NCCCN(C(=O)c8cccc(=O)n8O)CCCCN(C(=O)c8cccc(=O)n8O)CCCNC(=O)c8ccc(n(O)c8=O)C(=O)N7)cc6)cc5)cc4CC[C@@H]3[C@H]1CC[C@H]2O. The Morgan fingerprint density at radius 1 is 0.524 bits per heavy atom. The maximum atomic E-state index is 14.0. The van der Waals surface area contributed by atoms with E-state index in [0.29, 0.717) is 126 Å². The number of anilines is 2. The van der Waals surface area contributed by atoms with Gasteiger partial charge in [-0.2, -0.15) is 0 Å². The van der Waals surface area contributed by atoms with Crippen molar-refractivity contribution in [3.63, 3.8) is 0 Å². The van der Waals surface area contributed by atoms with Crippen molar-refractivity contribution in [2.45, 2.75) is 165 Å². The summed E-state index contributed by atoms with van der Waals surface area (Å²) in [7, 11) is 0. The summed E-state index contributed by atoms with van der Waals surface area (Å²) in [6, 6.07) is 26.7. The van der Waals surface area contributed by atoms with Gasteiger partial charge < -0.3 is 133 Å². The van der Waals surface area contributed by atoms with E-state index < -0.39 is 153 Å². The van der Waals surface area contributed by atoms with Crippen molar-refractivity contribution in [1.82, 2.24) is 76.6 Å². The smallest absolute Gasteiger partial charge is 0.326 e. The first kappa shape index (κ1) is 109. The Morgan fingerprint density at radius 3 is 1.62 bits per heavy atom.